The summed E-state index contributed by atoms with van der Waals surface area (Å²) in [6.45, 7) is 2.89. The predicted octanol–water partition coefficient (Wildman–Crippen LogP) is 4.98. The molecule has 3 aromatic carbocycles. The summed E-state index contributed by atoms with van der Waals surface area (Å²) in [4.78, 5) is 23.0. The van der Waals surface area contributed by atoms with Gasteiger partial charge in [-0.2, -0.15) is 0 Å². The first-order valence-electron chi connectivity index (χ1n) is 8.64. The van der Waals surface area contributed by atoms with E-state index in [-0.39, 0.29) is 11.1 Å². The van der Waals surface area contributed by atoms with Crippen molar-refractivity contribution in [2.75, 3.05) is 0 Å². The maximum atomic E-state index is 12.4. The molecule has 0 radical (unpaired) electrons. The minimum absolute atomic E-state index is 0.127. The van der Waals surface area contributed by atoms with Crippen LogP contribution in [0.1, 0.15) is 6.92 Å². The Morgan fingerprint density at radius 3 is 2.52 bits per heavy atom. The molecule has 6 heteroatoms. The van der Waals surface area contributed by atoms with Crippen molar-refractivity contribution in [3.63, 3.8) is 0 Å². The van der Waals surface area contributed by atoms with E-state index in [4.69, 9.17) is 4.42 Å². The number of nitro groups is 1. The number of fused-ring (bicyclic) bond motifs is 6. The average Bonchev–Trinajstić information content (AvgIpc) is 2.99. The molecule has 0 saturated heterocycles. The highest BCUT2D eigenvalue weighted by molar-refractivity contribution is 6.16. The van der Waals surface area contributed by atoms with Gasteiger partial charge in [0.2, 0.25) is 0 Å². The zero-order valence-electron chi connectivity index (χ0n) is 14.4. The second-order valence-corrected chi connectivity index (χ2v) is 6.50. The number of aryl methyl sites for hydroxylation is 1. The molecule has 0 N–H and O–H groups in total. The van der Waals surface area contributed by atoms with Gasteiger partial charge in [0.25, 0.3) is 5.69 Å². The molecule has 0 bridgehead atoms. The summed E-state index contributed by atoms with van der Waals surface area (Å²) in [7, 11) is 0. The highest BCUT2D eigenvalue weighted by atomic mass is 16.6. The number of nitro benzene ring substituents is 1. The molecule has 0 fully saturated rings. The zero-order valence-corrected chi connectivity index (χ0v) is 14.4. The first-order chi connectivity index (χ1) is 13.1. The van der Waals surface area contributed by atoms with E-state index in [0.29, 0.717) is 11.0 Å². The fourth-order valence-corrected chi connectivity index (χ4v) is 3.91. The van der Waals surface area contributed by atoms with Crippen molar-refractivity contribution in [1.29, 1.82) is 0 Å². The predicted molar refractivity (Wildman–Crippen MR) is 105 cm³/mol. The van der Waals surface area contributed by atoms with E-state index >= 15 is 0 Å². The summed E-state index contributed by atoms with van der Waals surface area (Å²) in [6, 6.07) is 16.3. The van der Waals surface area contributed by atoms with E-state index in [1.807, 2.05) is 24.3 Å². The number of nitrogens with zero attached hydrogens (tertiary/aromatic N) is 2. The SMILES string of the molecule is CCn1c2ccccc2c2cc3oc(=O)c4cc([N+](=O)[O-])ccc4c3cc21. The smallest absolute Gasteiger partial charge is 0.344 e. The molecular weight excluding hydrogens is 344 g/mol. The van der Waals surface area contributed by atoms with E-state index in [0.717, 1.165) is 33.7 Å². The fourth-order valence-electron chi connectivity index (χ4n) is 3.91. The van der Waals surface area contributed by atoms with Crippen LogP contribution in [0.15, 0.2) is 63.8 Å². The van der Waals surface area contributed by atoms with E-state index < -0.39 is 10.5 Å². The summed E-state index contributed by atoms with van der Waals surface area (Å²) in [5.41, 5.74) is 1.94. The summed E-state index contributed by atoms with van der Waals surface area (Å²) in [5, 5.41) is 14.8. The summed E-state index contributed by atoms with van der Waals surface area (Å²) in [5.74, 6) is 0. The van der Waals surface area contributed by atoms with Crippen LogP contribution in [-0.2, 0) is 6.54 Å². The number of hydrogen-bond acceptors (Lipinski definition) is 4. The van der Waals surface area contributed by atoms with Crippen molar-refractivity contribution in [2.45, 2.75) is 13.5 Å². The molecule has 0 atom stereocenters. The molecule has 5 aromatic rings. The Morgan fingerprint density at radius 1 is 0.926 bits per heavy atom. The highest BCUT2D eigenvalue weighted by Crippen LogP contribution is 2.34. The lowest BCUT2D eigenvalue weighted by Crippen LogP contribution is -2.01. The summed E-state index contributed by atoms with van der Waals surface area (Å²) >= 11 is 0. The van der Waals surface area contributed by atoms with Gasteiger partial charge in [-0.05, 0) is 31.2 Å². The summed E-state index contributed by atoms with van der Waals surface area (Å²) < 4.78 is 7.74. The molecule has 5 rings (SSSR count). The van der Waals surface area contributed by atoms with Crippen molar-refractivity contribution in [2.24, 2.45) is 0 Å². The van der Waals surface area contributed by atoms with E-state index in [9.17, 15) is 14.9 Å². The van der Waals surface area contributed by atoms with Gasteiger partial charge in [0.15, 0.2) is 0 Å². The van der Waals surface area contributed by atoms with Crippen LogP contribution in [0.2, 0.25) is 0 Å². The van der Waals surface area contributed by atoms with Crippen molar-refractivity contribution in [3.05, 3.63) is 75.1 Å². The van der Waals surface area contributed by atoms with E-state index in [1.165, 1.54) is 12.1 Å². The molecule has 6 nitrogen and oxygen atoms in total. The third-order valence-electron chi connectivity index (χ3n) is 5.12. The van der Waals surface area contributed by atoms with Crippen molar-refractivity contribution in [1.82, 2.24) is 4.57 Å². The number of hydrogen-bond donors (Lipinski definition) is 0. The lowest BCUT2D eigenvalue weighted by Gasteiger charge is -2.06. The molecule has 0 aliphatic carbocycles. The maximum Gasteiger partial charge on any atom is 0.344 e. The molecule has 0 aliphatic rings. The first kappa shape index (κ1) is 15.6. The van der Waals surface area contributed by atoms with Crippen LogP contribution in [0.25, 0.3) is 43.5 Å². The number of para-hydroxylation sites is 1. The monoisotopic (exact) mass is 358 g/mol. The van der Waals surface area contributed by atoms with Crippen molar-refractivity contribution >= 4 is 49.2 Å². The molecule has 0 aliphatic heterocycles. The molecule has 0 saturated carbocycles. The van der Waals surface area contributed by atoms with Crippen LogP contribution in [0, 0.1) is 10.1 Å². The molecule has 0 unspecified atom stereocenters. The largest absolute Gasteiger partial charge is 0.422 e. The van der Waals surface area contributed by atoms with Crippen molar-refractivity contribution < 1.29 is 9.34 Å². The molecule has 0 spiro atoms. The highest BCUT2D eigenvalue weighted by Gasteiger charge is 2.16. The standard InChI is InChI=1S/C21H14N2O4/c1-2-22-18-6-4-3-5-14(18)15-11-20-16(10-19(15)22)13-8-7-12(23(25)26)9-17(13)21(24)27-20/h3-11H,2H2,1H3. The van der Waals surface area contributed by atoms with Gasteiger partial charge in [-0.1, -0.05) is 18.2 Å². The van der Waals surface area contributed by atoms with Gasteiger partial charge in [0, 0.05) is 51.3 Å². The van der Waals surface area contributed by atoms with Gasteiger partial charge in [0.1, 0.15) is 5.58 Å². The lowest BCUT2D eigenvalue weighted by molar-refractivity contribution is -0.384. The second-order valence-electron chi connectivity index (χ2n) is 6.50. The Morgan fingerprint density at radius 2 is 1.74 bits per heavy atom. The maximum absolute atomic E-state index is 12.4. The third-order valence-corrected chi connectivity index (χ3v) is 5.12. The van der Waals surface area contributed by atoms with Gasteiger partial charge in [-0.15, -0.1) is 0 Å². The second kappa shape index (κ2) is 5.41. The molecule has 132 valence electrons. The van der Waals surface area contributed by atoms with E-state index in [2.05, 4.69) is 23.6 Å². The number of rotatable bonds is 2. The lowest BCUT2D eigenvalue weighted by atomic mass is 10.0. The van der Waals surface area contributed by atoms with Crippen LogP contribution in [-0.4, -0.2) is 9.49 Å². The Balaban J connectivity index is 1.99. The Kier molecular flexibility index (Phi) is 3.12. The molecule has 2 heterocycles. The molecule has 0 amide bonds. The van der Waals surface area contributed by atoms with Gasteiger partial charge >= 0.3 is 5.63 Å². The molecular formula is C21H14N2O4. The zero-order chi connectivity index (χ0) is 18.7. The van der Waals surface area contributed by atoms with Crippen LogP contribution < -0.4 is 5.63 Å². The quantitative estimate of drug-likeness (QED) is 0.193. The topological polar surface area (TPSA) is 78.3 Å². The van der Waals surface area contributed by atoms with Crippen LogP contribution in [0.5, 0.6) is 0 Å². The average molecular weight is 358 g/mol. The van der Waals surface area contributed by atoms with Crippen LogP contribution in [0.3, 0.4) is 0 Å². The van der Waals surface area contributed by atoms with Crippen LogP contribution in [0.4, 0.5) is 5.69 Å². The van der Waals surface area contributed by atoms with Gasteiger partial charge in [-0.3, -0.25) is 10.1 Å². The van der Waals surface area contributed by atoms with Crippen LogP contribution >= 0.6 is 0 Å². The number of benzene rings is 3. The third kappa shape index (κ3) is 2.10. The molecule has 27 heavy (non-hydrogen) atoms. The normalized spacial score (nSPS) is 11.7. The Labute approximate surface area is 152 Å². The molecule has 2 aromatic heterocycles. The van der Waals surface area contributed by atoms with E-state index in [1.54, 1.807) is 6.07 Å². The fraction of sp³-hybridized carbons (Fsp3) is 0.0952. The Bertz CT molecular complexity index is 1460. The number of aromatic nitrogens is 1. The summed E-state index contributed by atoms with van der Waals surface area (Å²) in [6.07, 6.45) is 0. The number of non-ortho nitro benzene ring substituents is 1. The van der Waals surface area contributed by atoms with Gasteiger partial charge in [0.05, 0.1) is 10.3 Å². The van der Waals surface area contributed by atoms with Crippen molar-refractivity contribution in [3.8, 4) is 0 Å². The van der Waals surface area contributed by atoms with Gasteiger partial charge < -0.3 is 8.98 Å². The minimum Gasteiger partial charge on any atom is -0.422 e. The minimum atomic E-state index is -0.570. The van der Waals surface area contributed by atoms with Gasteiger partial charge in [-0.25, -0.2) is 4.79 Å². The Hall–Kier alpha value is -3.67. The first-order valence-corrected chi connectivity index (χ1v) is 8.64.